The highest BCUT2D eigenvalue weighted by molar-refractivity contribution is 5.99. The lowest BCUT2D eigenvalue weighted by Crippen LogP contribution is -2.54. The van der Waals surface area contributed by atoms with Crippen LogP contribution in [-0.4, -0.2) is 85.7 Å². The van der Waals surface area contributed by atoms with Crippen LogP contribution >= 0.6 is 0 Å². The van der Waals surface area contributed by atoms with Crippen LogP contribution in [0.15, 0.2) is 54.6 Å². The average molecular weight is 739 g/mol. The van der Waals surface area contributed by atoms with E-state index in [1.165, 1.54) is 4.90 Å². The Bertz CT molecular complexity index is 1460. The summed E-state index contributed by atoms with van der Waals surface area (Å²) in [5.41, 5.74) is 7.03. The van der Waals surface area contributed by atoms with Crippen LogP contribution in [0.4, 0.5) is 15.3 Å². The molecule has 0 heterocycles. The van der Waals surface area contributed by atoms with Crippen molar-refractivity contribution in [3.63, 3.8) is 0 Å². The van der Waals surface area contributed by atoms with E-state index < -0.39 is 41.8 Å². The highest BCUT2D eigenvalue weighted by Crippen LogP contribution is 2.19. The lowest BCUT2D eigenvalue weighted by Gasteiger charge is -2.29. The molecule has 0 aliphatic carbocycles. The molecule has 0 unspecified atom stereocenters. The van der Waals surface area contributed by atoms with Crippen molar-refractivity contribution in [3.05, 3.63) is 65.7 Å². The molecule has 13 nitrogen and oxygen atoms in total. The smallest absolute Gasteiger partial charge is 0.408 e. The maximum Gasteiger partial charge on any atom is 0.408 e. The summed E-state index contributed by atoms with van der Waals surface area (Å²) in [4.78, 5) is 67.8. The number of likely N-dealkylation sites (N-methyl/N-ethyl adjacent to an activating group) is 2. The van der Waals surface area contributed by atoms with Crippen molar-refractivity contribution in [3.8, 4) is 0 Å². The SMILES string of the molecule is CC(C)C[C@H](NC(=O)OC(C)(C)C)C(=O)N[C@@H](CCCCNC(N)=O)C(=O)N(C)c1ccc(CCN(C)[C@H](C(=O)OCc2ccccc2)C(C)C)cc1. The zero-order valence-electron chi connectivity index (χ0n) is 33.1. The molecule has 0 spiro atoms. The van der Waals surface area contributed by atoms with Crippen LogP contribution in [0.5, 0.6) is 0 Å². The number of unbranched alkanes of at least 4 members (excludes halogenated alkanes) is 1. The molecule has 3 atom stereocenters. The lowest BCUT2D eigenvalue weighted by atomic mass is 10.0. The van der Waals surface area contributed by atoms with Crippen LogP contribution in [0, 0.1) is 11.8 Å². The van der Waals surface area contributed by atoms with E-state index in [2.05, 4.69) is 16.0 Å². The number of primary amides is 1. The Hall–Kier alpha value is -4.65. The fourth-order valence-electron chi connectivity index (χ4n) is 5.83. The quantitative estimate of drug-likeness (QED) is 0.107. The molecule has 0 aromatic heterocycles. The number of nitrogens with two attached hydrogens (primary N) is 1. The van der Waals surface area contributed by atoms with Crippen molar-refractivity contribution in [1.82, 2.24) is 20.9 Å². The van der Waals surface area contributed by atoms with Gasteiger partial charge in [-0.05, 0) is 95.0 Å². The number of rotatable bonds is 20. The zero-order chi connectivity index (χ0) is 39.7. The van der Waals surface area contributed by atoms with E-state index in [0.29, 0.717) is 50.9 Å². The topological polar surface area (TPSA) is 172 Å². The van der Waals surface area contributed by atoms with E-state index in [1.807, 2.05) is 94.2 Å². The molecule has 0 aliphatic rings. The Labute approximate surface area is 315 Å². The molecule has 13 heteroatoms. The van der Waals surface area contributed by atoms with Gasteiger partial charge in [0, 0.05) is 25.8 Å². The second-order valence-corrected chi connectivity index (χ2v) is 15.3. The first kappa shape index (κ1) is 44.5. The van der Waals surface area contributed by atoms with Gasteiger partial charge in [-0.2, -0.15) is 0 Å². The molecule has 5 amide bonds. The van der Waals surface area contributed by atoms with Crippen LogP contribution in [0.3, 0.4) is 0 Å². The largest absolute Gasteiger partial charge is 0.460 e. The molecule has 53 heavy (non-hydrogen) atoms. The minimum Gasteiger partial charge on any atom is -0.460 e. The lowest BCUT2D eigenvalue weighted by molar-refractivity contribution is -0.152. The first-order valence-corrected chi connectivity index (χ1v) is 18.5. The fourth-order valence-corrected chi connectivity index (χ4v) is 5.83. The number of anilines is 1. The summed E-state index contributed by atoms with van der Waals surface area (Å²) in [5, 5.41) is 8.08. The third kappa shape index (κ3) is 16.7. The summed E-state index contributed by atoms with van der Waals surface area (Å²) in [5.74, 6) is -0.964. The number of nitrogens with zero attached hydrogens (tertiary/aromatic N) is 2. The monoisotopic (exact) mass is 738 g/mol. The second-order valence-electron chi connectivity index (χ2n) is 15.3. The van der Waals surface area contributed by atoms with Crippen LogP contribution in [0.2, 0.25) is 0 Å². The van der Waals surface area contributed by atoms with E-state index in [4.69, 9.17) is 15.2 Å². The summed E-state index contributed by atoms with van der Waals surface area (Å²) in [7, 11) is 3.57. The normalized spacial score (nSPS) is 13.2. The third-order valence-electron chi connectivity index (χ3n) is 8.53. The minimum atomic E-state index is -0.916. The number of urea groups is 1. The number of nitrogens with one attached hydrogen (secondary N) is 3. The van der Waals surface area contributed by atoms with Gasteiger partial charge in [0.2, 0.25) is 11.8 Å². The highest BCUT2D eigenvalue weighted by atomic mass is 16.6. The summed E-state index contributed by atoms with van der Waals surface area (Å²) in [6.07, 6.45) is 1.65. The number of benzene rings is 2. The van der Waals surface area contributed by atoms with Crippen LogP contribution < -0.4 is 26.6 Å². The average Bonchev–Trinajstić information content (AvgIpc) is 3.07. The Morgan fingerprint density at radius 1 is 0.830 bits per heavy atom. The Balaban J connectivity index is 2.12. The number of ether oxygens (including phenoxy) is 2. The standard InChI is InChI=1S/C40H62N6O7/c1-27(2)25-33(44-39(51)53-40(5,6)7)35(47)43-32(17-13-14-23-42-38(41)50)36(48)46(9)31-20-18-29(19-21-31)22-24-45(8)34(28(3)4)37(49)52-26-30-15-11-10-12-16-30/h10-12,15-16,18-21,27-28,32-34H,13-14,17,22-26H2,1-9H3,(H,43,47)(H,44,51)(H3,41,42,50)/t32-,33-,34-/m0/s1. The van der Waals surface area contributed by atoms with Gasteiger partial charge in [0.05, 0.1) is 0 Å². The number of carbonyl (C=O) groups excluding carboxylic acids is 5. The number of carbonyl (C=O) groups is 5. The van der Waals surface area contributed by atoms with Crippen molar-refractivity contribution in [2.24, 2.45) is 17.6 Å². The Kier molecular flexibility index (Phi) is 18.3. The molecule has 294 valence electrons. The number of amides is 5. The molecule has 2 rings (SSSR count). The maximum absolute atomic E-state index is 13.9. The Morgan fingerprint density at radius 2 is 1.47 bits per heavy atom. The molecule has 0 saturated heterocycles. The van der Waals surface area contributed by atoms with Crippen molar-refractivity contribution >= 4 is 35.6 Å². The van der Waals surface area contributed by atoms with Gasteiger partial charge >= 0.3 is 18.1 Å². The van der Waals surface area contributed by atoms with Crippen LogP contribution in [-0.2, 0) is 36.9 Å². The van der Waals surface area contributed by atoms with Gasteiger partial charge in [-0.1, -0.05) is 70.2 Å². The fraction of sp³-hybridized carbons (Fsp3) is 0.575. The molecule has 0 fully saturated rings. The predicted octanol–water partition coefficient (Wildman–Crippen LogP) is 5.15. The minimum absolute atomic E-state index is 0.0481. The molecule has 0 bridgehead atoms. The number of hydrogen-bond donors (Lipinski definition) is 4. The summed E-state index contributed by atoms with van der Waals surface area (Å²) in [6, 6.07) is 14.3. The van der Waals surface area contributed by atoms with Crippen LogP contribution in [0.25, 0.3) is 0 Å². The van der Waals surface area contributed by atoms with Crippen molar-refractivity contribution in [2.75, 3.05) is 32.1 Å². The van der Waals surface area contributed by atoms with Gasteiger partial charge in [0.1, 0.15) is 30.3 Å². The first-order chi connectivity index (χ1) is 24.9. The van der Waals surface area contributed by atoms with Gasteiger partial charge in [-0.3, -0.25) is 19.3 Å². The van der Waals surface area contributed by atoms with Crippen molar-refractivity contribution < 1.29 is 33.4 Å². The highest BCUT2D eigenvalue weighted by Gasteiger charge is 2.31. The molecular weight excluding hydrogens is 676 g/mol. The molecule has 2 aromatic rings. The summed E-state index contributed by atoms with van der Waals surface area (Å²) < 4.78 is 11.0. The molecule has 5 N–H and O–H groups in total. The first-order valence-electron chi connectivity index (χ1n) is 18.5. The number of alkyl carbamates (subject to hydrolysis) is 1. The van der Waals surface area contributed by atoms with Crippen LogP contribution in [0.1, 0.15) is 85.3 Å². The van der Waals surface area contributed by atoms with Crippen molar-refractivity contribution in [2.45, 2.75) is 111 Å². The van der Waals surface area contributed by atoms with Gasteiger partial charge in [0.15, 0.2) is 0 Å². The van der Waals surface area contributed by atoms with Gasteiger partial charge in [0.25, 0.3) is 0 Å². The molecular formula is C40H62N6O7. The van der Waals surface area contributed by atoms with Gasteiger partial charge < -0.3 is 36.1 Å². The van der Waals surface area contributed by atoms with Gasteiger partial charge in [-0.15, -0.1) is 0 Å². The summed E-state index contributed by atoms with van der Waals surface area (Å²) in [6.45, 7) is 14.3. The maximum atomic E-state index is 13.9. The molecule has 0 radical (unpaired) electrons. The number of hydrogen-bond acceptors (Lipinski definition) is 8. The second kappa shape index (κ2) is 21.8. The van der Waals surface area contributed by atoms with E-state index in [9.17, 15) is 24.0 Å². The molecule has 0 saturated carbocycles. The number of esters is 1. The van der Waals surface area contributed by atoms with E-state index in [1.54, 1.807) is 27.8 Å². The molecule has 0 aliphatic heterocycles. The van der Waals surface area contributed by atoms with E-state index in [0.717, 1.165) is 11.1 Å². The third-order valence-corrected chi connectivity index (χ3v) is 8.53. The summed E-state index contributed by atoms with van der Waals surface area (Å²) >= 11 is 0. The zero-order valence-corrected chi connectivity index (χ0v) is 33.1. The van der Waals surface area contributed by atoms with E-state index >= 15 is 0 Å². The van der Waals surface area contributed by atoms with Gasteiger partial charge in [-0.25, -0.2) is 9.59 Å². The molecule has 2 aromatic carbocycles. The Morgan fingerprint density at radius 3 is 2.04 bits per heavy atom. The predicted molar refractivity (Wildman–Crippen MR) is 207 cm³/mol. The van der Waals surface area contributed by atoms with Crippen molar-refractivity contribution in [1.29, 1.82) is 0 Å². The van der Waals surface area contributed by atoms with E-state index in [-0.39, 0.29) is 30.3 Å².